The van der Waals surface area contributed by atoms with Crippen molar-refractivity contribution in [1.82, 2.24) is 9.80 Å². The Balaban J connectivity index is 1.57. The normalized spacial score (nSPS) is 18.8. The van der Waals surface area contributed by atoms with E-state index in [0.29, 0.717) is 13.1 Å². The van der Waals surface area contributed by atoms with E-state index in [2.05, 4.69) is 25.1 Å². The lowest BCUT2D eigenvalue weighted by Crippen LogP contribution is -2.48. The minimum Gasteiger partial charge on any atom is -0.342 e. The van der Waals surface area contributed by atoms with Crippen LogP contribution in [0.15, 0.2) is 24.3 Å². The lowest BCUT2D eigenvalue weighted by molar-refractivity contribution is -0.146. The molecule has 1 saturated heterocycles. The molecule has 2 aliphatic rings. The molecule has 0 saturated carbocycles. The predicted octanol–water partition coefficient (Wildman–Crippen LogP) is 3.25. The molecule has 0 N–H and O–H groups in total. The number of amides is 2. The Labute approximate surface area is 151 Å². The highest BCUT2D eigenvalue weighted by Gasteiger charge is 2.35. The molecule has 25 heavy (non-hydrogen) atoms. The summed E-state index contributed by atoms with van der Waals surface area (Å²) in [6.45, 7) is 9.05. The molecule has 0 aromatic heterocycles. The molecule has 1 fully saturated rings. The highest BCUT2D eigenvalue weighted by Crippen LogP contribution is 2.28. The van der Waals surface area contributed by atoms with Gasteiger partial charge in [-0.1, -0.05) is 45.0 Å². The highest BCUT2D eigenvalue weighted by atomic mass is 16.2. The molecule has 2 aliphatic heterocycles. The first-order valence-electron chi connectivity index (χ1n) is 9.57. The number of nitrogens with zero attached hydrogens (tertiary/aromatic N) is 2. The third kappa shape index (κ3) is 3.73. The van der Waals surface area contributed by atoms with Gasteiger partial charge in [-0.2, -0.15) is 0 Å². The number of likely N-dealkylation sites (tertiary alicyclic amines) is 1. The van der Waals surface area contributed by atoms with Gasteiger partial charge in [0.05, 0.1) is 0 Å². The van der Waals surface area contributed by atoms with Gasteiger partial charge in [-0.3, -0.25) is 9.59 Å². The second kappa shape index (κ2) is 7.19. The molecule has 1 aromatic carbocycles. The van der Waals surface area contributed by atoms with E-state index in [9.17, 15) is 9.59 Å². The van der Waals surface area contributed by atoms with Gasteiger partial charge in [0.1, 0.15) is 0 Å². The van der Waals surface area contributed by atoms with Crippen molar-refractivity contribution in [3.63, 3.8) is 0 Å². The molecule has 0 spiro atoms. The smallest absolute Gasteiger partial charge is 0.228 e. The average Bonchev–Trinajstić information content (AvgIpc) is 2.66. The molecule has 4 nitrogen and oxygen atoms in total. The zero-order chi connectivity index (χ0) is 18.0. The summed E-state index contributed by atoms with van der Waals surface area (Å²) in [4.78, 5) is 29.5. The van der Waals surface area contributed by atoms with Crippen LogP contribution in [0.25, 0.3) is 0 Å². The Morgan fingerprint density at radius 1 is 1.04 bits per heavy atom. The molecule has 0 atom stereocenters. The van der Waals surface area contributed by atoms with Gasteiger partial charge in [0.2, 0.25) is 11.8 Å². The predicted molar refractivity (Wildman–Crippen MR) is 98.9 cm³/mol. The number of hydrogen-bond donors (Lipinski definition) is 0. The Hall–Kier alpha value is -1.84. The third-order valence-electron chi connectivity index (χ3n) is 6.04. The van der Waals surface area contributed by atoms with E-state index in [1.807, 2.05) is 29.7 Å². The number of benzene rings is 1. The monoisotopic (exact) mass is 342 g/mol. The summed E-state index contributed by atoms with van der Waals surface area (Å²) in [5.74, 6) is 0.572. The van der Waals surface area contributed by atoms with Crippen LogP contribution in [0, 0.1) is 11.3 Å². The van der Waals surface area contributed by atoms with Gasteiger partial charge in [-0.15, -0.1) is 0 Å². The second-order valence-corrected chi connectivity index (χ2v) is 8.08. The molecule has 2 amide bonds. The molecule has 1 aromatic rings. The van der Waals surface area contributed by atoms with Crippen molar-refractivity contribution in [2.24, 2.45) is 11.3 Å². The summed E-state index contributed by atoms with van der Waals surface area (Å²) in [6.07, 6.45) is 3.38. The summed E-state index contributed by atoms with van der Waals surface area (Å²) in [5, 5.41) is 0. The first-order chi connectivity index (χ1) is 11.9. The van der Waals surface area contributed by atoms with Crippen LogP contribution in [0.3, 0.4) is 0 Å². The quantitative estimate of drug-likeness (QED) is 0.846. The topological polar surface area (TPSA) is 40.6 Å². The molecule has 3 rings (SSSR count). The second-order valence-electron chi connectivity index (χ2n) is 8.08. The van der Waals surface area contributed by atoms with E-state index in [4.69, 9.17) is 0 Å². The standard InChI is InChI=1S/C21H30N2O2/c1-4-21(2,3)20(25)22-12-10-17(11-13-22)19(24)23-14-9-16-7-5-6-8-18(16)15-23/h5-8,17H,4,9-15H2,1-3H3. The molecular weight excluding hydrogens is 312 g/mol. The zero-order valence-corrected chi connectivity index (χ0v) is 15.8. The first-order valence-corrected chi connectivity index (χ1v) is 9.57. The number of fused-ring (bicyclic) bond motifs is 1. The fourth-order valence-electron chi connectivity index (χ4n) is 3.85. The summed E-state index contributed by atoms with van der Waals surface area (Å²) >= 11 is 0. The maximum absolute atomic E-state index is 12.9. The van der Waals surface area contributed by atoms with Gasteiger partial charge in [-0.25, -0.2) is 0 Å². The van der Waals surface area contributed by atoms with Crippen molar-refractivity contribution in [2.45, 2.75) is 53.0 Å². The van der Waals surface area contributed by atoms with E-state index in [0.717, 1.165) is 38.8 Å². The van der Waals surface area contributed by atoms with Crippen LogP contribution in [0.2, 0.25) is 0 Å². The van der Waals surface area contributed by atoms with Crippen molar-refractivity contribution < 1.29 is 9.59 Å². The summed E-state index contributed by atoms with van der Waals surface area (Å²) in [6, 6.07) is 8.41. The molecule has 4 heteroatoms. The van der Waals surface area contributed by atoms with Crippen LogP contribution in [0.5, 0.6) is 0 Å². The van der Waals surface area contributed by atoms with E-state index < -0.39 is 0 Å². The molecule has 0 aliphatic carbocycles. The lowest BCUT2D eigenvalue weighted by atomic mass is 9.86. The van der Waals surface area contributed by atoms with E-state index in [-0.39, 0.29) is 23.1 Å². The van der Waals surface area contributed by atoms with Gasteiger partial charge >= 0.3 is 0 Å². The molecule has 2 heterocycles. The maximum Gasteiger partial charge on any atom is 0.228 e. The van der Waals surface area contributed by atoms with Crippen LogP contribution in [-0.2, 0) is 22.6 Å². The molecule has 136 valence electrons. The van der Waals surface area contributed by atoms with Gasteiger partial charge < -0.3 is 9.80 Å². The molecule has 0 bridgehead atoms. The van der Waals surface area contributed by atoms with Crippen LogP contribution < -0.4 is 0 Å². The Kier molecular flexibility index (Phi) is 5.16. The number of rotatable bonds is 3. The number of carbonyl (C=O) groups excluding carboxylic acids is 2. The Morgan fingerprint density at radius 3 is 2.32 bits per heavy atom. The SMILES string of the molecule is CCC(C)(C)C(=O)N1CCC(C(=O)N2CCc3ccccc3C2)CC1. The van der Waals surface area contributed by atoms with Gasteiger partial charge in [0, 0.05) is 37.5 Å². The number of carbonyl (C=O) groups is 2. The van der Waals surface area contributed by atoms with Crippen LogP contribution in [0.1, 0.15) is 51.2 Å². The number of piperidine rings is 1. The van der Waals surface area contributed by atoms with E-state index in [1.54, 1.807) is 0 Å². The van der Waals surface area contributed by atoms with Crippen molar-refractivity contribution in [1.29, 1.82) is 0 Å². The maximum atomic E-state index is 12.9. The number of hydrogen-bond acceptors (Lipinski definition) is 2. The van der Waals surface area contributed by atoms with E-state index >= 15 is 0 Å². The van der Waals surface area contributed by atoms with Crippen molar-refractivity contribution >= 4 is 11.8 Å². The van der Waals surface area contributed by atoms with Crippen molar-refractivity contribution in [3.05, 3.63) is 35.4 Å². The van der Waals surface area contributed by atoms with Gasteiger partial charge in [0.15, 0.2) is 0 Å². The van der Waals surface area contributed by atoms with Crippen molar-refractivity contribution in [2.75, 3.05) is 19.6 Å². The third-order valence-corrected chi connectivity index (χ3v) is 6.04. The summed E-state index contributed by atoms with van der Waals surface area (Å²) in [7, 11) is 0. The van der Waals surface area contributed by atoms with Gasteiger partial charge in [0.25, 0.3) is 0 Å². The van der Waals surface area contributed by atoms with Gasteiger partial charge in [-0.05, 0) is 36.8 Å². The minimum absolute atomic E-state index is 0.0686. The highest BCUT2D eigenvalue weighted by molar-refractivity contribution is 5.83. The molecule has 0 unspecified atom stereocenters. The Morgan fingerprint density at radius 2 is 1.68 bits per heavy atom. The van der Waals surface area contributed by atoms with Crippen LogP contribution in [-0.4, -0.2) is 41.2 Å². The largest absolute Gasteiger partial charge is 0.342 e. The van der Waals surface area contributed by atoms with E-state index in [1.165, 1.54) is 11.1 Å². The average molecular weight is 342 g/mol. The molecule has 0 radical (unpaired) electrons. The lowest BCUT2D eigenvalue weighted by Gasteiger charge is -2.38. The summed E-state index contributed by atoms with van der Waals surface area (Å²) < 4.78 is 0. The fourth-order valence-corrected chi connectivity index (χ4v) is 3.85. The fraction of sp³-hybridized carbons (Fsp3) is 0.619. The molecular formula is C21H30N2O2. The first kappa shape index (κ1) is 18.0. The minimum atomic E-state index is -0.298. The Bertz CT molecular complexity index is 645. The summed E-state index contributed by atoms with van der Waals surface area (Å²) in [5.41, 5.74) is 2.35. The van der Waals surface area contributed by atoms with Crippen LogP contribution in [0.4, 0.5) is 0 Å². The van der Waals surface area contributed by atoms with Crippen LogP contribution >= 0.6 is 0 Å². The zero-order valence-electron chi connectivity index (χ0n) is 15.8. The van der Waals surface area contributed by atoms with Crippen molar-refractivity contribution in [3.8, 4) is 0 Å².